The summed E-state index contributed by atoms with van der Waals surface area (Å²) < 4.78 is 4.76. The van der Waals surface area contributed by atoms with Gasteiger partial charge < -0.3 is 14.8 Å². The highest BCUT2D eigenvalue weighted by Crippen LogP contribution is 1.99. The molecule has 0 amide bonds. The number of nitrogens with zero attached hydrogens (tertiary/aromatic N) is 1. The van der Waals surface area contributed by atoms with Gasteiger partial charge in [-0.15, -0.1) is 0 Å². The van der Waals surface area contributed by atoms with Gasteiger partial charge in [-0.25, -0.2) is 9.78 Å². The minimum atomic E-state index is -1.28. The molecule has 14 heavy (non-hydrogen) atoms. The highest BCUT2D eigenvalue weighted by molar-refractivity contribution is 5.88. The molecule has 0 radical (unpaired) electrons. The smallest absolute Gasteiger partial charge is 0.343 e. The molecule has 0 saturated heterocycles. The van der Waals surface area contributed by atoms with Crippen molar-refractivity contribution in [2.24, 2.45) is 0 Å². The Labute approximate surface area is 79.6 Å². The van der Waals surface area contributed by atoms with Gasteiger partial charge in [-0.05, 0) is 6.92 Å². The summed E-state index contributed by atoms with van der Waals surface area (Å²) in [5, 5.41) is 8.68. The number of carbonyl (C=O) groups is 1. The summed E-state index contributed by atoms with van der Waals surface area (Å²) in [6.07, 6.45) is 0. The second kappa shape index (κ2) is 4.01. The third kappa shape index (κ3) is 1.97. The summed E-state index contributed by atoms with van der Waals surface area (Å²) >= 11 is 0. The van der Waals surface area contributed by atoms with Gasteiger partial charge in [-0.1, -0.05) is 0 Å². The van der Waals surface area contributed by atoms with E-state index in [1.54, 1.807) is 0 Å². The molecular weight excluding hydrogens is 188 g/mol. The zero-order valence-corrected chi connectivity index (χ0v) is 7.83. The first kappa shape index (κ1) is 10.4. The molecule has 0 aliphatic heterocycles. The first-order valence-electron chi connectivity index (χ1n) is 3.88. The van der Waals surface area contributed by atoms with Crippen molar-refractivity contribution < 1.29 is 14.6 Å². The number of aromatic amines is 1. The van der Waals surface area contributed by atoms with Crippen LogP contribution in [0.5, 0.6) is 0 Å². The van der Waals surface area contributed by atoms with E-state index in [0.717, 1.165) is 0 Å². The maximum atomic E-state index is 11.2. The minimum absolute atomic E-state index is 0.149. The average molecular weight is 198 g/mol. The third-order valence-electron chi connectivity index (χ3n) is 1.64. The second-order valence-corrected chi connectivity index (χ2v) is 2.71. The zero-order chi connectivity index (χ0) is 10.7. The molecule has 6 heteroatoms. The Morgan fingerprint density at radius 2 is 2.29 bits per heavy atom. The lowest BCUT2D eigenvalue weighted by molar-refractivity contribution is 0.0693. The molecule has 0 aliphatic rings. The fraction of sp³-hybridized carbons (Fsp3) is 0.375. The highest BCUT2D eigenvalue weighted by atomic mass is 16.5. The van der Waals surface area contributed by atoms with Gasteiger partial charge in [0.25, 0.3) is 5.56 Å². The SMILES string of the molecule is COCc1nc(C)c(C(=O)O)c(=O)[nH]1. The highest BCUT2D eigenvalue weighted by Gasteiger charge is 2.14. The molecule has 0 atom stereocenters. The number of hydrogen-bond acceptors (Lipinski definition) is 4. The number of H-pyrrole nitrogens is 1. The maximum Gasteiger partial charge on any atom is 0.343 e. The van der Waals surface area contributed by atoms with Crippen LogP contribution < -0.4 is 5.56 Å². The number of methoxy groups -OCH3 is 1. The van der Waals surface area contributed by atoms with Crippen LogP contribution in [0.4, 0.5) is 0 Å². The number of carboxylic acids is 1. The quantitative estimate of drug-likeness (QED) is 0.708. The predicted molar refractivity (Wildman–Crippen MR) is 47.3 cm³/mol. The number of aryl methyl sites for hydroxylation is 1. The summed E-state index contributed by atoms with van der Waals surface area (Å²) in [5.74, 6) is -0.958. The zero-order valence-electron chi connectivity index (χ0n) is 7.83. The van der Waals surface area contributed by atoms with Gasteiger partial charge in [0.2, 0.25) is 0 Å². The summed E-state index contributed by atoms with van der Waals surface area (Å²) in [6.45, 7) is 1.62. The summed E-state index contributed by atoms with van der Waals surface area (Å²) in [6, 6.07) is 0. The Morgan fingerprint density at radius 3 is 2.71 bits per heavy atom. The lowest BCUT2D eigenvalue weighted by Gasteiger charge is -2.02. The minimum Gasteiger partial charge on any atom is -0.477 e. The lowest BCUT2D eigenvalue weighted by Crippen LogP contribution is -2.22. The number of rotatable bonds is 3. The van der Waals surface area contributed by atoms with Crippen LogP contribution in [0.2, 0.25) is 0 Å². The largest absolute Gasteiger partial charge is 0.477 e. The summed E-state index contributed by atoms with van der Waals surface area (Å²) in [4.78, 5) is 28.1. The van der Waals surface area contributed by atoms with Crippen LogP contribution in [0, 0.1) is 6.92 Å². The van der Waals surface area contributed by atoms with Gasteiger partial charge in [-0.2, -0.15) is 0 Å². The van der Waals surface area contributed by atoms with Crippen LogP contribution in [0.1, 0.15) is 21.9 Å². The fourth-order valence-corrected chi connectivity index (χ4v) is 1.10. The van der Waals surface area contributed by atoms with Gasteiger partial charge >= 0.3 is 5.97 Å². The Morgan fingerprint density at radius 1 is 1.64 bits per heavy atom. The van der Waals surface area contributed by atoms with E-state index in [1.165, 1.54) is 14.0 Å². The fourth-order valence-electron chi connectivity index (χ4n) is 1.10. The molecule has 0 fully saturated rings. The number of hydrogen-bond donors (Lipinski definition) is 2. The standard InChI is InChI=1S/C8H10N2O4/c1-4-6(8(12)13)7(11)10-5(9-4)3-14-2/h3H2,1-2H3,(H,12,13)(H,9,10,11). The van der Waals surface area contributed by atoms with Crippen molar-refractivity contribution in [3.05, 3.63) is 27.4 Å². The molecule has 0 aromatic carbocycles. The van der Waals surface area contributed by atoms with Crippen LogP contribution in [0.3, 0.4) is 0 Å². The van der Waals surface area contributed by atoms with E-state index in [1.807, 2.05) is 0 Å². The Balaban J connectivity index is 3.25. The van der Waals surface area contributed by atoms with Crippen molar-refractivity contribution >= 4 is 5.97 Å². The van der Waals surface area contributed by atoms with Gasteiger partial charge in [0.15, 0.2) is 0 Å². The molecule has 0 spiro atoms. The van der Waals surface area contributed by atoms with Crippen LogP contribution in [0.15, 0.2) is 4.79 Å². The van der Waals surface area contributed by atoms with Gasteiger partial charge in [0, 0.05) is 7.11 Å². The molecule has 2 N–H and O–H groups in total. The molecule has 0 aliphatic carbocycles. The Bertz CT molecular complexity index is 410. The molecule has 1 rings (SSSR count). The van der Waals surface area contributed by atoms with Crippen molar-refractivity contribution in [1.82, 2.24) is 9.97 Å². The molecule has 1 aromatic rings. The number of nitrogens with one attached hydrogen (secondary N) is 1. The van der Waals surface area contributed by atoms with E-state index in [2.05, 4.69) is 9.97 Å². The maximum absolute atomic E-state index is 11.2. The van der Waals surface area contributed by atoms with E-state index >= 15 is 0 Å². The normalized spacial score (nSPS) is 10.1. The molecule has 0 unspecified atom stereocenters. The number of carboxylic acid groups (broad SMARTS) is 1. The second-order valence-electron chi connectivity index (χ2n) is 2.71. The van der Waals surface area contributed by atoms with E-state index in [-0.39, 0.29) is 17.9 Å². The molecule has 1 aromatic heterocycles. The topological polar surface area (TPSA) is 92.3 Å². The molecule has 1 heterocycles. The van der Waals surface area contributed by atoms with E-state index in [0.29, 0.717) is 5.82 Å². The molecular formula is C8H10N2O4. The van der Waals surface area contributed by atoms with Crippen LogP contribution in [0.25, 0.3) is 0 Å². The summed E-state index contributed by atoms with van der Waals surface area (Å²) in [5.41, 5.74) is -0.796. The summed E-state index contributed by atoms with van der Waals surface area (Å²) in [7, 11) is 1.46. The monoisotopic (exact) mass is 198 g/mol. The van der Waals surface area contributed by atoms with Crippen LogP contribution in [-0.4, -0.2) is 28.2 Å². The average Bonchev–Trinajstić information content (AvgIpc) is 2.01. The Hall–Kier alpha value is -1.69. The van der Waals surface area contributed by atoms with Gasteiger partial charge in [0.1, 0.15) is 18.0 Å². The van der Waals surface area contributed by atoms with E-state index in [4.69, 9.17) is 9.84 Å². The van der Waals surface area contributed by atoms with Crippen molar-refractivity contribution in [2.45, 2.75) is 13.5 Å². The number of aromatic carboxylic acids is 1. The first-order valence-corrected chi connectivity index (χ1v) is 3.88. The Kier molecular flexibility index (Phi) is 2.98. The third-order valence-corrected chi connectivity index (χ3v) is 1.64. The van der Waals surface area contributed by atoms with Gasteiger partial charge in [-0.3, -0.25) is 4.79 Å². The van der Waals surface area contributed by atoms with Crippen molar-refractivity contribution in [3.63, 3.8) is 0 Å². The molecule has 0 bridgehead atoms. The number of ether oxygens (including phenoxy) is 1. The van der Waals surface area contributed by atoms with Crippen LogP contribution in [-0.2, 0) is 11.3 Å². The van der Waals surface area contributed by atoms with Crippen molar-refractivity contribution in [3.8, 4) is 0 Å². The lowest BCUT2D eigenvalue weighted by atomic mass is 10.2. The van der Waals surface area contributed by atoms with Crippen molar-refractivity contribution in [2.75, 3.05) is 7.11 Å². The first-order chi connectivity index (χ1) is 6.56. The molecule has 0 saturated carbocycles. The van der Waals surface area contributed by atoms with Gasteiger partial charge in [0.05, 0.1) is 5.69 Å². The molecule has 6 nitrogen and oxygen atoms in total. The van der Waals surface area contributed by atoms with E-state index < -0.39 is 11.5 Å². The van der Waals surface area contributed by atoms with E-state index in [9.17, 15) is 9.59 Å². The van der Waals surface area contributed by atoms with Crippen molar-refractivity contribution in [1.29, 1.82) is 0 Å². The number of aromatic nitrogens is 2. The molecule has 76 valence electrons. The predicted octanol–water partition coefficient (Wildman–Crippen LogP) is -0.0771. The van der Waals surface area contributed by atoms with Crippen LogP contribution >= 0.6 is 0 Å².